The van der Waals surface area contributed by atoms with E-state index in [1.807, 2.05) is 77.1 Å². The summed E-state index contributed by atoms with van der Waals surface area (Å²) in [6.45, 7) is 10.1. The third kappa shape index (κ3) is 5.62. The first kappa shape index (κ1) is 23.2. The Labute approximate surface area is 189 Å². The molecule has 1 aromatic heterocycles. The lowest BCUT2D eigenvalue weighted by Crippen LogP contribution is -2.36. The van der Waals surface area contributed by atoms with E-state index in [0.29, 0.717) is 5.82 Å². The van der Waals surface area contributed by atoms with Crippen LogP contribution in [0.1, 0.15) is 27.9 Å². The minimum atomic E-state index is -0.210. The number of aryl methyl sites for hydroxylation is 4. The van der Waals surface area contributed by atoms with Crippen LogP contribution in [0.25, 0.3) is 5.69 Å². The van der Waals surface area contributed by atoms with Crippen molar-refractivity contribution in [3.05, 3.63) is 70.4 Å². The van der Waals surface area contributed by atoms with Crippen molar-refractivity contribution in [1.29, 1.82) is 0 Å². The normalized spacial score (nSPS) is 11.0. The Morgan fingerprint density at radius 3 is 2.31 bits per heavy atom. The summed E-state index contributed by atoms with van der Waals surface area (Å²) in [5.41, 5.74) is 6.86. The third-order valence-corrected chi connectivity index (χ3v) is 5.40. The number of rotatable bonds is 7. The SMILES string of the molecule is Cc1ccc(C)c(-n2nc(C)cc2NC(=O)CN(C)CC(=O)Nc2cccc(C)c2C)c1. The molecule has 0 aliphatic carbocycles. The minimum absolute atomic E-state index is 0.0806. The second-order valence-corrected chi connectivity index (χ2v) is 8.39. The molecule has 2 aromatic carbocycles. The van der Waals surface area contributed by atoms with Crippen LogP contribution in [0.3, 0.4) is 0 Å². The van der Waals surface area contributed by atoms with E-state index in [1.165, 1.54) is 0 Å². The summed E-state index contributed by atoms with van der Waals surface area (Å²) in [6, 6.07) is 13.8. The molecule has 32 heavy (non-hydrogen) atoms. The Bertz CT molecular complexity index is 1150. The summed E-state index contributed by atoms with van der Waals surface area (Å²) in [4.78, 5) is 26.8. The van der Waals surface area contributed by atoms with Gasteiger partial charge in [-0.1, -0.05) is 24.3 Å². The van der Waals surface area contributed by atoms with E-state index in [4.69, 9.17) is 0 Å². The fraction of sp³-hybridized carbons (Fsp3) is 0.320. The van der Waals surface area contributed by atoms with Crippen molar-refractivity contribution >= 4 is 23.3 Å². The number of carbonyl (C=O) groups is 2. The van der Waals surface area contributed by atoms with Gasteiger partial charge in [-0.3, -0.25) is 14.5 Å². The molecule has 2 amide bonds. The Hall–Kier alpha value is -3.45. The van der Waals surface area contributed by atoms with Gasteiger partial charge in [0.15, 0.2) is 0 Å². The zero-order chi connectivity index (χ0) is 23.4. The molecule has 3 rings (SSSR count). The molecule has 0 atom stereocenters. The van der Waals surface area contributed by atoms with Crippen molar-refractivity contribution < 1.29 is 9.59 Å². The molecule has 7 nitrogen and oxygen atoms in total. The number of nitrogens with one attached hydrogen (secondary N) is 2. The van der Waals surface area contributed by atoms with E-state index in [1.54, 1.807) is 16.6 Å². The molecule has 0 aliphatic rings. The van der Waals surface area contributed by atoms with Gasteiger partial charge in [0, 0.05) is 11.8 Å². The standard InChI is InChI=1S/C25H31N5O2/c1-16-10-11-18(3)22(12-16)30-23(13-19(4)28-30)27-25(32)15-29(6)14-24(31)26-21-9-7-8-17(2)20(21)5/h7-13H,14-15H2,1-6H3,(H,26,31)(H,27,32). The zero-order valence-corrected chi connectivity index (χ0v) is 19.6. The van der Waals surface area contributed by atoms with E-state index in [0.717, 1.165) is 39.3 Å². The fourth-order valence-corrected chi connectivity index (χ4v) is 3.52. The summed E-state index contributed by atoms with van der Waals surface area (Å²) in [5.74, 6) is 0.234. The molecular weight excluding hydrogens is 402 g/mol. The first-order chi connectivity index (χ1) is 15.1. The molecule has 0 spiro atoms. The monoisotopic (exact) mass is 433 g/mol. The van der Waals surface area contributed by atoms with Gasteiger partial charge in [-0.2, -0.15) is 5.10 Å². The largest absolute Gasteiger partial charge is 0.325 e. The number of benzene rings is 2. The number of nitrogens with zero attached hydrogens (tertiary/aromatic N) is 3. The van der Waals surface area contributed by atoms with Crippen LogP contribution in [-0.2, 0) is 9.59 Å². The average Bonchev–Trinajstić information content (AvgIpc) is 3.06. The molecule has 0 fully saturated rings. The van der Waals surface area contributed by atoms with Crippen LogP contribution in [0.4, 0.5) is 11.5 Å². The zero-order valence-electron chi connectivity index (χ0n) is 19.6. The highest BCUT2D eigenvalue weighted by Crippen LogP contribution is 2.21. The molecule has 0 bridgehead atoms. The number of hydrogen-bond donors (Lipinski definition) is 2. The molecule has 0 unspecified atom stereocenters. The quantitative estimate of drug-likeness (QED) is 0.592. The number of carbonyl (C=O) groups excluding carboxylic acids is 2. The lowest BCUT2D eigenvalue weighted by atomic mass is 10.1. The molecule has 0 aliphatic heterocycles. The van der Waals surface area contributed by atoms with Gasteiger partial charge < -0.3 is 10.6 Å². The highest BCUT2D eigenvalue weighted by atomic mass is 16.2. The number of amides is 2. The predicted octanol–water partition coefficient (Wildman–Crippen LogP) is 3.92. The van der Waals surface area contributed by atoms with Crippen LogP contribution in [0, 0.1) is 34.6 Å². The van der Waals surface area contributed by atoms with E-state index in [9.17, 15) is 9.59 Å². The first-order valence-corrected chi connectivity index (χ1v) is 10.6. The van der Waals surface area contributed by atoms with Gasteiger partial charge in [0.05, 0.1) is 24.5 Å². The molecular formula is C25H31N5O2. The van der Waals surface area contributed by atoms with Crippen molar-refractivity contribution in [3.8, 4) is 5.69 Å². The van der Waals surface area contributed by atoms with Gasteiger partial charge in [0.25, 0.3) is 0 Å². The molecule has 0 saturated heterocycles. The highest BCUT2D eigenvalue weighted by Gasteiger charge is 2.16. The van der Waals surface area contributed by atoms with E-state index < -0.39 is 0 Å². The maximum Gasteiger partial charge on any atom is 0.239 e. The van der Waals surface area contributed by atoms with Crippen LogP contribution in [0.2, 0.25) is 0 Å². The Kier molecular flexibility index (Phi) is 7.10. The summed E-state index contributed by atoms with van der Waals surface area (Å²) in [7, 11) is 1.75. The van der Waals surface area contributed by atoms with Gasteiger partial charge in [-0.15, -0.1) is 0 Å². The van der Waals surface area contributed by atoms with Crippen LogP contribution in [0.5, 0.6) is 0 Å². The number of likely N-dealkylation sites (N-methyl/N-ethyl adjacent to an activating group) is 1. The second-order valence-electron chi connectivity index (χ2n) is 8.39. The Morgan fingerprint density at radius 2 is 1.59 bits per heavy atom. The van der Waals surface area contributed by atoms with E-state index in [2.05, 4.69) is 15.7 Å². The minimum Gasteiger partial charge on any atom is -0.325 e. The van der Waals surface area contributed by atoms with Gasteiger partial charge in [-0.05, 0) is 76.1 Å². The molecule has 1 heterocycles. The molecule has 3 aromatic rings. The number of anilines is 2. The summed E-state index contributed by atoms with van der Waals surface area (Å²) in [6.07, 6.45) is 0. The van der Waals surface area contributed by atoms with Crippen molar-refractivity contribution in [3.63, 3.8) is 0 Å². The van der Waals surface area contributed by atoms with Gasteiger partial charge in [0.1, 0.15) is 5.82 Å². The lowest BCUT2D eigenvalue weighted by Gasteiger charge is -2.17. The van der Waals surface area contributed by atoms with Gasteiger partial charge in [0.2, 0.25) is 11.8 Å². The molecule has 7 heteroatoms. The van der Waals surface area contributed by atoms with Gasteiger partial charge >= 0.3 is 0 Å². The van der Waals surface area contributed by atoms with Crippen LogP contribution in [-0.4, -0.2) is 46.6 Å². The lowest BCUT2D eigenvalue weighted by molar-refractivity contribution is -0.119. The molecule has 0 radical (unpaired) electrons. The van der Waals surface area contributed by atoms with Crippen molar-refractivity contribution in [2.45, 2.75) is 34.6 Å². The Balaban J connectivity index is 1.63. The van der Waals surface area contributed by atoms with Crippen molar-refractivity contribution in [2.24, 2.45) is 0 Å². The summed E-state index contributed by atoms with van der Waals surface area (Å²) < 4.78 is 1.75. The van der Waals surface area contributed by atoms with E-state index in [-0.39, 0.29) is 24.9 Å². The number of hydrogen-bond acceptors (Lipinski definition) is 4. The van der Waals surface area contributed by atoms with Crippen molar-refractivity contribution in [1.82, 2.24) is 14.7 Å². The van der Waals surface area contributed by atoms with Crippen LogP contribution < -0.4 is 10.6 Å². The van der Waals surface area contributed by atoms with Crippen molar-refractivity contribution in [2.75, 3.05) is 30.8 Å². The second kappa shape index (κ2) is 9.78. The molecule has 0 saturated carbocycles. The topological polar surface area (TPSA) is 79.3 Å². The smallest absolute Gasteiger partial charge is 0.239 e. The fourth-order valence-electron chi connectivity index (χ4n) is 3.52. The maximum absolute atomic E-state index is 12.7. The summed E-state index contributed by atoms with van der Waals surface area (Å²) >= 11 is 0. The summed E-state index contributed by atoms with van der Waals surface area (Å²) in [5, 5.41) is 10.4. The highest BCUT2D eigenvalue weighted by molar-refractivity contribution is 5.95. The molecule has 2 N–H and O–H groups in total. The first-order valence-electron chi connectivity index (χ1n) is 10.6. The third-order valence-electron chi connectivity index (χ3n) is 5.40. The predicted molar refractivity (Wildman–Crippen MR) is 128 cm³/mol. The number of aromatic nitrogens is 2. The van der Waals surface area contributed by atoms with E-state index >= 15 is 0 Å². The van der Waals surface area contributed by atoms with Crippen LogP contribution in [0.15, 0.2) is 42.5 Å². The molecule has 168 valence electrons. The average molecular weight is 434 g/mol. The van der Waals surface area contributed by atoms with Gasteiger partial charge in [-0.25, -0.2) is 4.68 Å². The maximum atomic E-state index is 12.7. The Morgan fingerprint density at radius 1 is 0.906 bits per heavy atom. The van der Waals surface area contributed by atoms with Crippen LogP contribution >= 0.6 is 0 Å².